The zero-order valence-corrected chi connectivity index (χ0v) is 19.7. The van der Waals surface area contributed by atoms with Crippen molar-refractivity contribution in [2.24, 2.45) is 7.05 Å². The molecule has 0 spiro atoms. The summed E-state index contributed by atoms with van der Waals surface area (Å²) < 4.78 is 3.35. The number of amides is 2. The van der Waals surface area contributed by atoms with E-state index in [9.17, 15) is 14.4 Å². The van der Waals surface area contributed by atoms with Crippen LogP contribution in [0.4, 0.5) is 11.4 Å². The lowest BCUT2D eigenvalue weighted by Crippen LogP contribution is -2.26. The molecule has 0 atom stereocenters. The molecule has 2 N–H and O–H groups in total. The zero-order chi connectivity index (χ0) is 24.4. The van der Waals surface area contributed by atoms with Crippen LogP contribution in [0.1, 0.15) is 30.2 Å². The van der Waals surface area contributed by atoms with Gasteiger partial charge >= 0.3 is 0 Å². The van der Waals surface area contributed by atoms with Gasteiger partial charge in [0.25, 0.3) is 5.56 Å². The lowest BCUT2D eigenvalue weighted by Gasteiger charge is -2.12. The topological polar surface area (TPSA) is 97.5 Å². The van der Waals surface area contributed by atoms with Crippen molar-refractivity contribution in [2.45, 2.75) is 33.6 Å². The Labute approximate surface area is 197 Å². The molecule has 0 unspecified atom stereocenters. The zero-order valence-electron chi connectivity index (χ0n) is 19.7. The number of aryl methyl sites for hydroxylation is 2. The molecule has 0 radical (unpaired) electrons. The van der Waals surface area contributed by atoms with Crippen LogP contribution in [0.2, 0.25) is 0 Å². The molecular formula is C26H27N5O3. The smallest absolute Gasteiger partial charge is 0.277 e. The van der Waals surface area contributed by atoms with Crippen LogP contribution >= 0.6 is 0 Å². The Kier molecular flexibility index (Phi) is 6.32. The number of hydrogen-bond donors (Lipinski definition) is 2. The van der Waals surface area contributed by atoms with E-state index >= 15 is 0 Å². The van der Waals surface area contributed by atoms with Crippen LogP contribution in [-0.4, -0.2) is 26.0 Å². The van der Waals surface area contributed by atoms with E-state index in [2.05, 4.69) is 15.7 Å². The molecule has 2 aromatic heterocycles. The van der Waals surface area contributed by atoms with Crippen molar-refractivity contribution in [1.29, 1.82) is 0 Å². The number of nitrogens with zero attached hydrogens (tertiary/aromatic N) is 3. The average molecular weight is 458 g/mol. The molecule has 2 aromatic carbocycles. The monoisotopic (exact) mass is 457 g/mol. The first-order valence-electron chi connectivity index (χ1n) is 11.1. The summed E-state index contributed by atoms with van der Waals surface area (Å²) in [5.74, 6) is -0.358. The third-order valence-electron chi connectivity index (χ3n) is 5.94. The normalized spacial score (nSPS) is 10.9. The predicted molar refractivity (Wildman–Crippen MR) is 133 cm³/mol. The quantitative estimate of drug-likeness (QED) is 0.460. The van der Waals surface area contributed by atoms with Crippen molar-refractivity contribution in [2.75, 3.05) is 10.6 Å². The Morgan fingerprint density at radius 1 is 0.971 bits per heavy atom. The molecule has 8 nitrogen and oxygen atoms in total. The van der Waals surface area contributed by atoms with Gasteiger partial charge in [-0.2, -0.15) is 9.61 Å². The lowest BCUT2D eigenvalue weighted by molar-refractivity contribution is -0.116. The van der Waals surface area contributed by atoms with E-state index < -0.39 is 0 Å². The van der Waals surface area contributed by atoms with Crippen LogP contribution < -0.4 is 16.2 Å². The third kappa shape index (κ3) is 4.61. The Morgan fingerprint density at radius 3 is 2.26 bits per heavy atom. The number of rotatable bonds is 6. The van der Waals surface area contributed by atoms with Gasteiger partial charge in [-0.15, -0.1) is 0 Å². The second-order valence-corrected chi connectivity index (χ2v) is 8.35. The predicted octanol–water partition coefficient (Wildman–Crippen LogP) is 3.85. The fourth-order valence-electron chi connectivity index (χ4n) is 4.00. The summed E-state index contributed by atoms with van der Waals surface area (Å²) in [7, 11) is 1.90. The van der Waals surface area contributed by atoms with Crippen LogP contribution in [0.25, 0.3) is 16.9 Å². The molecule has 0 bridgehead atoms. The van der Waals surface area contributed by atoms with Crippen molar-refractivity contribution in [3.63, 3.8) is 0 Å². The Hall–Kier alpha value is -4.20. The highest BCUT2D eigenvalue weighted by atomic mass is 16.2. The van der Waals surface area contributed by atoms with E-state index in [1.165, 1.54) is 11.4 Å². The first kappa shape index (κ1) is 23.0. The number of carbonyl (C=O) groups excluding carboxylic acids is 2. The summed E-state index contributed by atoms with van der Waals surface area (Å²) in [6.07, 6.45) is 0.449. The van der Waals surface area contributed by atoms with Crippen LogP contribution in [0.15, 0.2) is 59.4 Å². The van der Waals surface area contributed by atoms with Gasteiger partial charge in [-0.05, 0) is 50.1 Å². The van der Waals surface area contributed by atoms with E-state index in [0.717, 1.165) is 22.5 Å². The summed E-state index contributed by atoms with van der Waals surface area (Å²) in [5.41, 5.74) is 5.94. The molecule has 8 heteroatoms. The molecule has 4 rings (SSSR count). The van der Waals surface area contributed by atoms with Crippen molar-refractivity contribution in [3.05, 3.63) is 81.8 Å². The first-order valence-corrected chi connectivity index (χ1v) is 11.1. The standard InChI is InChI=1S/C26H27N5O3/c1-16-7-5-6-8-21(16)23-15-25-30(4)17(2)22(26(34)31(25)29-23)13-14-24(33)28-20-11-9-19(10-12-20)27-18(3)32/h5-12,15H,13-14H2,1-4H3,(H,27,32)(H,28,33). The Bertz CT molecular complexity index is 1450. The molecule has 34 heavy (non-hydrogen) atoms. The van der Waals surface area contributed by atoms with Gasteiger partial charge in [0.15, 0.2) is 0 Å². The minimum Gasteiger partial charge on any atom is -0.333 e. The highest BCUT2D eigenvalue weighted by Gasteiger charge is 2.17. The molecule has 0 aliphatic carbocycles. The molecule has 0 saturated heterocycles. The van der Waals surface area contributed by atoms with E-state index in [1.54, 1.807) is 24.3 Å². The maximum Gasteiger partial charge on any atom is 0.277 e. The van der Waals surface area contributed by atoms with Gasteiger partial charge in [0.05, 0.1) is 5.69 Å². The van der Waals surface area contributed by atoms with Gasteiger partial charge in [0, 0.05) is 54.7 Å². The molecule has 0 fully saturated rings. The van der Waals surface area contributed by atoms with Crippen molar-refractivity contribution in [3.8, 4) is 11.3 Å². The number of carbonyl (C=O) groups is 2. The summed E-state index contributed by atoms with van der Waals surface area (Å²) in [6, 6.07) is 16.7. The van der Waals surface area contributed by atoms with Crippen molar-refractivity contribution < 1.29 is 9.59 Å². The number of aromatic nitrogens is 3. The second kappa shape index (κ2) is 9.35. The molecule has 2 amide bonds. The largest absolute Gasteiger partial charge is 0.333 e. The second-order valence-electron chi connectivity index (χ2n) is 8.35. The fraction of sp³-hybridized carbons (Fsp3) is 0.231. The maximum atomic E-state index is 13.2. The first-order chi connectivity index (χ1) is 16.2. The van der Waals surface area contributed by atoms with Gasteiger partial charge in [-0.1, -0.05) is 24.3 Å². The summed E-state index contributed by atoms with van der Waals surface area (Å²) >= 11 is 0. The Balaban J connectivity index is 1.54. The summed E-state index contributed by atoms with van der Waals surface area (Å²) in [4.78, 5) is 36.9. The number of fused-ring (bicyclic) bond motifs is 1. The van der Waals surface area contributed by atoms with Gasteiger partial charge in [0.1, 0.15) is 5.65 Å². The number of nitrogens with one attached hydrogen (secondary N) is 2. The van der Waals surface area contributed by atoms with Crippen LogP contribution in [0.5, 0.6) is 0 Å². The van der Waals surface area contributed by atoms with Crippen molar-refractivity contribution >= 4 is 28.8 Å². The SMILES string of the molecule is CC(=O)Nc1ccc(NC(=O)CCc2c(C)n(C)c3cc(-c4ccccc4C)nn3c2=O)cc1. The van der Waals surface area contributed by atoms with E-state index in [4.69, 9.17) is 0 Å². The molecule has 0 aliphatic rings. The van der Waals surface area contributed by atoms with Crippen LogP contribution in [0.3, 0.4) is 0 Å². The minimum absolute atomic E-state index is 0.154. The minimum atomic E-state index is -0.210. The highest BCUT2D eigenvalue weighted by molar-refractivity contribution is 5.92. The molecule has 0 aliphatic heterocycles. The molecular weight excluding hydrogens is 430 g/mol. The van der Waals surface area contributed by atoms with E-state index in [0.29, 0.717) is 29.0 Å². The van der Waals surface area contributed by atoms with Gasteiger partial charge in [-0.3, -0.25) is 14.4 Å². The van der Waals surface area contributed by atoms with E-state index in [1.807, 2.05) is 55.8 Å². The third-order valence-corrected chi connectivity index (χ3v) is 5.94. The number of benzene rings is 2. The molecule has 174 valence electrons. The average Bonchev–Trinajstić information content (AvgIpc) is 3.24. The van der Waals surface area contributed by atoms with Gasteiger partial charge in [-0.25, -0.2) is 0 Å². The Morgan fingerprint density at radius 2 is 1.62 bits per heavy atom. The fourth-order valence-corrected chi connectivity index (χ4v) is 4.00. The molecule has 2 heterocycles. The van der Waals surface area contributed by atoms with Crippen LogP contribution in [0, 0.1) is 13.8 Å². The lowest BCUT2D eigenvalue weighted by atomic mass is 10.1. The van der Waals surface area contributed by atoms with Crippen LogP contribution in [-0.2, 0) is 23.1 Å². The molecule has 4 aromatic rings. The maximum absolute atomic E-state index is 13.2. The summed E-state index contributed by atoms with van der Waals surface area (Å²) in [6.45, 7) is 5.34. The number of anilines is 2. The highest BCUT2D eigenvalue weighted by Crippen LogP contribution is 2.23. The summed E-state index contributed by atoms with van der Waals surface area (Å²) in [5, 5.41) is 10.1. The number of hydrogen-bond acceptors (Lipinski definition) is 4. The van der Waals surface area contributed by atoms with Gasteiger partial charge < -0.3 is 15.2 Å². The molecule has 0 saturated carbocycles. The van der Waals surface area contributed by atoms with Crippen molar-refractivity contribution in [1.82, 2.24) is 14.2 Å². The van der Waals surface area contributed by atoms with Gasteiger partial charge in [0.2, 0.25) is 11.8 Å². The van der Waals surface area contributed by atoms with E-state index in [-0.39, 0.29) is 23.8 Å².